The number of hydrogen-bond acceptors (Lipinski definition) is 2. The van der Waals surface area contributed by atoms with Crippen LogP contribution < -0.4 is 5.56 Å². The molecule has 3 aromatic heterocycles. The van der Waals surface area contributed by atoms with Crippen molar-refractivity contribution in [2.24, 2.45) is 0 Å². The van der Waals surface area contributed by atoms with Crippen LogP contribution in [0.15, 0.2) is 41.5 Å². The molecule has 4 aromatic rings. The van der Waals surface area contributed by atoms with Gasteiger partial charge in [0.05, 0.1) is 35.0 Å². The molecule has 0 fully saturated rings. The zero-order chi connectivity index (χ0) is 16.7. The predicted octanol–water partition coefficient (Wildman–Crippen LogP) is 2.74. The van der Waals surface area contributed by atoms with Crippen molar-refractivity contribution < 1.29 is 0 Å². The average Bonchev–Trinajstić information content (AvgIpc) is 3.11. The second-order valence-corrected chi connectivity index (χ2v) is 5.84. The Morgan fingerprint density at radius 2 is 2.12 bits per heavy atom. The lowest BCUT2D eigenvalue weighted by molar-refractivity contribution is 0.917. The first-order valence-electron chi connectivity index (χ1n) is 7.74. The number of aromatic nitrogens is 4. The third kappa shape index (κ3) is 2.12. The number of pyridine rings is 1. The highest BCUT2D eigenvalue weighted by Gasteiger charge is 2.14. The average molecular weight is 316 g/mol. The Bertz CT molecular complexity index is 1150. The summed E-state index contributed by atoms with van der Waals surface area (Å²) < 4.78 is 2.01. The molecule has 5 heteroatoms. The van der Waals surface area contributed by atoms with Gasteiger partial charge < -0.3 is 14.5 Å². The molecular formula is C19H16N4O. The lowest BCUT2D eigenvalue weighted by Crippen LogP contribution is -2.10. The predicted molar refractivity (Wildman–Crippen MR) is 95.0 cm³/mol. The SMILES string of the molecule is C#CCn1c2ccccc2c2c(=O)[nH]c(Cc3nc[nH]c3C)cc21. The third-order valence-electron chi connectivity index (χ3n) is 4.36. The van der Waals surface area contributed by atoms with E-state index in [0.717, 1.165) is 33.5 Å². The zero-order valence-corrected chi connectivity index (χ0v) is 13.3. The number of H-pyrrole nitrogens is 2. The number of rotatable bonds is 3. The van der Waals surface area contributed by atoms with E-state index in [4.69, 9.17) is 6.42 Å². The van der Waals surface area contributed by atoms with Crippen LogP contribution in [-0.4, -0.2) is 19.5 Å². The highest BCUT2D eigenvalue weighted by atomic mass is 16.1. The second kappa shape index (κ2) is 5.43. The van der Waals surface area contributed by atoms with Crippen molar-refractivity contribution in [2.75, 3.05) is 0 Å². The zero-order valence-electron chi connectivity index (χ0n) is 13.3. The Hall–Kier alpha value is -3.26. The molecule has 0 aliphatic carbocycles. The first-order chi connectivity index (χ1) is 11.7. The lowest BCUT2D eigenvalue weighted by Gasteiger charge is -2.05. The first kappa shape index (κ1) is 14.3. The monoisotopic (exact) mass is 316 g/mol. The third-order valence-corrected chi connectivity index (χ3v) is 4.36. The summed E-state index contributed by atoms with van der Waals surface area (Å²) in [5.74, 6) is 2.68. The summed E-state index contributed by atoms with van der Waals surface area (Å²) in [4.78, 5) is 23.0. The minimum atomic E-state index is -0.0948. The smallest absolute Gasteiger partial charge is 0.258 e. The maximum absolute atomic E-state index is 12.7. The molecule has 0 saturated heterocycles. The van der Waals surface area contributed by atoms with Gasteiger partial charge in [0.1, 0.15) is 0 Å². The van der Waals surface area contributed by atoms with E-state index in [0.29, 0.717) is 18.4 Å². The molecule has 24 heavy (non-hydrogen) atoms. The summed E-state index contributed by atoms with van der Waals surface area (Å²) in [6, 6.07) is 9.84. The van der Waals surface area contributed by atoms with Gasteiger partial charge in [0, 0.05) is 23.2 Å². The minimum Gasteiger partial charge on any atom is -0.348 e. The van der Waals surface area contributed by atoms with E-state index in [2.05, 4.69) is 20.9 Å². The van der Waals surface area contributed by atoms with Gasteiger partial charge in [0.2, 0.25) is 0 Å². The maximum Gasteiger partial charge on any atom is 0.258 e. The van der Waals surface area contributed by atoms with E-state index in [1.807, 2.05) is 41.8 Å². The second-order valence-electron chi connectivity index (χ2n) is 5.84. The van der Waals surface area contributed by atoms with Gasteiger partial charge in [0.25, 0.3) is 5.56 Å². The van der Waals surface area contributed by atoms with Gasteiger partial charge in [0.15, 0.2) is 0 Å². The van der Waals surface area contributed by atoms with Gasteiger partial charge in [-0.05, 0) is 19.1 Å². The van der Waals surface area contributed by atoms with Crippen molar-refractivity contribution >= 4 is 21.8 Å². The van der Waals surface area contributed by atoms with Crippen LogP contribution in [0, 0.1) is 19.3 Å². The Morgan fingerprint density at radius 1 is 1.29 bits per heavy atom. The van der Waals surface area contributed by atoms with Gasteiger partial charge in [-0.2, -0.15) is 0 Å². The highest BCUT2D eigenvalue weighted by Crippen LogP contribution is 2.27. The molecule has 0 amide bonds. The van der Waals surface area contributed by atoms with E-state index in [9.17, 15) is 4.79 Å². The molecule has 0 saturated carbocycles. The van der Waals surface area contributed by atoms with Gasteiger partial charge in [-0.1, -0.05) is 24.1 Å². The van der Waals surface area contributed by atoms with Gasteiger partial charge >= 0.3 is 0 Å². The van der Waals surface area contributed by atoms with Crippen LogP contribution in [0.1, 0.15) is 17.1 Å². The van der Waals surface area contributed by atoms with E-state index >= 15 is 0 Å². The molecule has 0 radical (unpaired) electrons. The molecule has 4 rings (SSSR count). The van der Waals surface area contributed by atoms with Crippen molar-refractivity contribution in [2.45, 2.75) is 19.9 Å². The number of imidazole rings is 1. The van der Waals surface area contributed by atoms with Crippen molar-refractivity contribution in [1.82, 2.24) is 19.5 Å². The maximum atomic E-state index is 12.7. The molecule has 0 aliphatic heterocycles. The Labute approximate surface area is 138 Å². The highest BCUT2D eigenvalue weighted by molar-refractivity contribution is 6.07. The minimum absolute atomic E-state index is 0.0948. The fourth-order valence-corrected chi connectivity index (χ4v) is 3.22. The molecule has 0 bridgehead atoms. The van der Waals surface area contributed by atoms with Crippen LogP contribution in [0.5, 0.6) is 0 Å². The van der Waals surface area contributed by atoms with E-state index in [1.165, 1.54) is 0 Å². The fraction of sp³-hybridized carbons (Fsp3) is 0.158. The number of benzene rings is 1. The summed E-state index contributed by atoms with van der Waals surface area (Å²) in [6.07, 6.45) is 7.77. The van der Waals surface area contributed by atoms with Crippen LogP contribution in [0.25, 0.3) is 21.8 Å². The fourth-order valence-electron chi connectivity index (χ4n) is 3.22. The van der Waals surface area contributed by atoms with Crippen LogP contribution in [0.4, 0.5) is 0 Å². The Kier molecular flexibility index (Phi) is 3.24. The van der Waals surface area contributed by atoms with E-state index < -0.39 is 0 Å². The standard InChI is InChI=1S/C19H16N4O/c1-3-8-23-16-7-5-4-6-14(16)18-17(23)10-13(22-19(18)24)9-15-12(2)20-11-21-15/h1,4-7,10-11H,8-9H2,2H3,(H,20,21)(H,22,24). The largest absolute Gasteiger partial charge is 0.348 e. The van der Waals surface area contributed by atoms with Crippen LogP contribution >= 0.6 is 0 Å². The van der Waals surface area contributed by atoms with Crippen LogP contribution in [0.2, 0.25) is 0 Å². The number of para-hydroxylation sites is 1. The molecule has 1 aromatic carbocycles. The summed E-state index contributed by atoms with van der Waals surface area (Å²) in [5.41, 5.74) is 4.49. The molecule has 0 spiro atoms. The summed E-state index contributed by atoms with van der Waals surface area (Å²) >= 11 is 0. The summed E-state index contributed by atoms with van der Waals surface area (Å²) in [5, 5.41) is 1.61. The number of fused-ring (bicyclic) bond motifs is 3. The first-order valence-corrected chi connectivity index (χ1v) is 7.74. The molecule has 0 aliphatic rings. The normalized spacial score (nSPS) is 11.2. The number of nitrogens with one attached hydrogen (secondary N) is 2. The number of aromatic amines is 2. The van der Waals surface area contributed by atoms with Crippen LogP contribution in [-0.2, 0) is 13.0 Å². The van der Waals surface area contributed by atoms with Gasteiger partial charge in [-0.25, -0.2) is 4.98 Å². The lowest BCUT2D eigenvalue weighted by atomic mass is 10.1. The number of aryl methyl sites for hydroxylation is 1. The Balaban J connectivity index is 1.99. The molecule has 2 N–H and O–H groups in total. The number of hydrogen-bond donors (Lipinski definition) is 2. The summed E-state index contributed by atoms with van der Waals surface area (Å²) in [7, 11) is 0. The number of nitrogens with zero attached hydrogens (tertiary/aromatic N) is 2. The molecule has 3 heterocycles. The van der Waals surface area contributed by atoms with Crippen molar-refractivity contribution in [3.8, 4) is 12.3 Å². The van der Waals surface area contributed by atoms with Crippen molar-refractivity contribution in [3.05, 3.63) is 64.1 Å². The van der Waals surface area contributed by atoms with E-state index in [1.54, 1.807) is 6.33 Å². The molecule has 0 atom stereocenters. The Morgan fingerprint density at radius 3 is 2.88 bits per heavy atom. The van der Waals surface area contributed by atoms with E-state index in [-0.39, 0.29) is 5.56 Å². The van der Waals surface area contributed by atoms with Crippen molar-refractivity contribution in [1.29, 1.82) is 0 Å². The van der Waals surface area contributed by atoms with Gasteiger partial charge in [-0.15, -0.1) is 6.42 Å². The molecule has 118 valence electrons. The summed E-state index contributed by atoms with van der Waals surface area (Å²) in [6.45, 7) is 2.39. The molecule has 5 nitrogen and oxygen atoms in total. The van der Waals surface area contributed by atoms with Crippen molar-refractivity contribution in [3.63, 3.8) is 0 Å². The topological polar surface area (TPSA) is 66.5 Å². The molecule has 0 unspecified atom stereocenters. The quantitative estimate of drug-likeness (QED) is 0.571. The van der Waals surface area contributed by atoms with Gasteiger partial charge in [-0.3, -0.25) is 4.79 Å². The number of terminal acetylenes is 1. The molecular weight excluding hydrogens is 300 g/mol. The van der Waals surface area contributed by atoms with Crippen LogP contribution in [0.3, 0.4) is 0 Å².